The highest BCUT2D eigenvalue weighted by Gasteiger charge is 2.40. The normalized spacial score (nSPS) is 39.4. The van der Waals surface area contributed by atoms with Gasteiger partial charge in [-0.25, -0.2) is 0 Å². The quantitative estimate of drug-likeness (QED) is 0.494. The SMILES string of the molecule is CC(CN)C1(C)CN1. The molecule has 0 spiro atoms. The second-order valence-corrected chi connectivity index (χ2v) is 2.91. The monoisotopic (exact) mass is 114 g/mol. The Morgan fingerprint density at radius 1 is 1.88 bits per heavy atom. The van der Waals surface area contributed by atoms with Gasteiger partial charge in [0.15, 0.2) is 0 Å². The summed E-state index contributed by atoms with van der Waals surface area (Å²) in [5, 5.41) is 3.28. The fourth-order valence-corrected chi connectivity index (χ4v) is 0.748. The molecule has 1 rings (SSSR count). The number of nitrogens with two attached hydrogens (primary N) is 1. The average Bonchev–Trinajstić information content (AvgIpc) is 2.47. The van der Waals surface area contributed by atoms with Crippen LogP contribution in [0.15, 0.2) is 0 Å². The fourth-order valence-electron chi connectivity index (χ4n) is 0.748. The zero-order chi connectivity index (χ0) is 6.20. The number of hydrogen-bond acceptors (Lipinski definition) is 2. The molecule has 2 heteroatoms. The van der Waals surface area contributed by atoms with Crippen molar-refractivity contribution >= 4 is 0 Å². The first-order valence-corrected chi connectivity index (χ1v) is 3.14. The van der Waals surface area contributed by atoms with E-state index < -0.39 is 0 Å². The van der Waals surface area contributed by atoms with Gasteiger partial charge in [0.05, 0.1) is 0 Å². The second kappa shape index (κ2) is 1.71. The minimum atomic E-state index is 0.384. The number of rotatable bonds is 2. The van der Waals surface area contributed by atoms with Gasteiger partial charge in [0.1, 0.15) is 0 Å². The van der Waals surface area contributed by atoms with Crippen molar-refractivity contribution < 1.29 is 0 Å². The molecule has 1 aliphatic heterocycles. The lowest BCUT2D eigenvalue weighted by Gasteiger charge is -2.13. The molecule has 1 aliphatic rings. The summed E-state index contributed by atoms with van der Waals surface area (Å²) in [6.45, 7) is 6.33. The summed E-state index contributed by atoms with van der Waals surface area (Å²) in [4.78, 5) is 0. The smallest absolute Gasteiger partial charge is 0.0316 e. The van der Waals surface area contributed by atoms with E-state index in [4.69, 9.17) is 5.73 Å². The van der Waals surface area contributed by atoms with Crippen molar-refractivity contribution in [3.05, 3.63) is 0 Å². The Labute approximate surface area is 50.4 Å². The van der Waals surface area contributed by atoms with Crippen LogP contribution in [0.2, 0.25) is 0 Å². The molecule has 1 saturated heterocycles. The first kappa shape index (κ1) is 6.05. The Bertz CT molecular complexity index is 86.5. The fraction of sp³-hybridized carbons (Fsp3) is 1.00. The van der Waals surface area contributed by atoms with E-state index in [1.807, 2.05) is 0 Å². The molecule has 0 aromatic heterocycles. The van der Waals surface area contributed by atoms with Crippen LogP contribution in [-0.4, -0.2) is 18.6 Å². The van der Waals surface area contributed by atoms with Crippen molar-refractivity contribution in [1.29, 1.82) is 0 Å². The van der Waals surface area contributed by atoms with Crippen molar-refractivity contribution in [2.45, 2.75) is 19.4 Å². The van der Waals surface area contributed by atoms with E-state index >= 15 is 0 Å². The van der Waals surface area contributed by atoms with Gasteiger partial charge in [-0.2, -0.15) is 0 Å². The Balaban J connectivity index is 2.34. The maximum Gasteiger partial charge on any atom is 0.0316 e. The van der Waals surface area contributed by atoms with Crippen molar-refractivity contribution in [2.75, 3.05) is 13.1 Å². The molecule has 3 N–H and O–H groups in total. The highest BCUT2D eigenvalue weighted by Crippen LogP contribution is 2.24. The summed E-state index contributed by atoms with van der Waals surface area (Å²) in [5.74, 6) is 0.627. The summed E-state index contributed by atoms with van der Waals surface area (Å²) in [5.41, 5.74) is 5.84. The molecule has 0 aliphatic carbocycles. The van der Waals surface area contributed by atoms with Gasteiger partial charge >= 0.3 is 0 Å². The van der Waals surface area contributed by atoms with Crippen LogP contribution in [0.3, 0.4) is 0 Å². The highest BCUT2D eigenvalue weighted by atomic mass is 15.2. The lowest BCUT2D eigenvalue weighted by atomic mass is 9.96. The van der Waals surface area contributed by atoms with E-state index in [0.717, 1.165) is 13.1 Å². The summed E-state index contributed by atoms with van der Waals surface area (Å²) < 4.78 is 0. The summed E-state index contributed by atoms with van der Waals surface area (Å²) in [6, 6.07) is 0. The van der Waals surface area contributed by atoms with Gasteiger partial charge in [-0.15, -0.1) is 0 Å². The maximum absolute atomic E-state index is 5.46. The molecule has 0 aromatic carbocycles. The van der Waals surface area contributed by atoms with Crippen LogP contribution >= 0.6 is 0 Å². The first-order valence-electron chi connectivity index (χ1n) is 3.14. The van der Waals surface area contributed by atoms with Gasteiger partial charge < -0.3 is 11.1 Å². The topological polar surface area (TPSA) is 48.0 Å². The van der Waals surface area contributed by atoms with Gasteiger partial charge in [0, 0.05) is 12.1 Å². The molecule has 8 heavy (non-hydrogen) atoms. The zero-order valence-corrected chi connectivity index (χ0v) is 5.57. The predicted molar refractivity (Wildman–Crippen MR) is 34.6 cm³/mol. The minimum absolute atomic E-state index is 0.384. The van der Waals surface area contributed by atoms with Crippen molar-refractivity contribution in [1.82, 2.24) is 5.32 Å². The standard InChI is InChI=1S/C6H14N2/c1-5(3-7)6(2)4-8-6/h5,8H,3-4,7H2,1-2H3. The molecule has 48 valence electrons. The molecular formula is C6H14N2. The van der Waals surface area contributed by atoms with Gasteiger partial charge in [-0.3, -0.25) is 0 Å². The molecule has 0 radical (unpaired) electrons. The summed E-state index contributed by atoms with van der Waals surface area (Å²) in [6.07, 6.45) is 0. The zero-order valence-electron chi connectivity index (χ0n) is 5.57. The van der Waals surface area contributed by atoms with Gasteiger partial charge in [0.25, 0.3) is 0 Å². The molecule has 0 saturated carbocycles. The molecule has 2 atom stereocenters. The van der Waals surface area contributed by atoms with E-state index in [9.17, 15) is 0 Å². The number of hydrogen-bond donors (Lipinski definition) is 2. The van der Waals surface area contributed by atoms with E-state index in [2.05, 4.69) is 19.2 Å². The first-order chi connectivity index (χ1) is 3.69. The Hall–Kier alpha value is -0.0800. The van der Waals surface area contributed by atoms with E-state index in [-0.39, 0.29) is 0 Å². The van der Waals surface area contributed by atoms with Crippen LogP contribution in [0.1, 0.15) is 13.8 Å². The largest absolute Gasteiger partial charge is 0.330 e. The molecule has 0 bridgehead atoms. The van der Waals surface area contributed by atoms with Crippen LogP contribution < -0.4 is 11.1 Å². The summed E-state index contributed by atoms with van der Waals surface area (Å²) >= 11 is 0. The molecular weight excluding hydrogens is 100 g/mol. The van der Waals surface area contributed by atoms with Crippen molar-refractivity contribution in [2.24, 2.45) is 11.7 Å². The van der Waals surface area contributed by atoms with Crippen LogP contribution in [0.5, 0.6) is 0 Å². The Morgan fingerprint density at radius 3 is 2.50 bits per heavy atom. The van der Waals surface area contributed by atoms with E-state index in [0.29, 0.717) is 11.5 Å². The number of nitrogens with one attached hydrogen (secondary N) is 1. The van der Waals surface area contributed by atoms with Gasteiger partial charge in [-0.05, 0) is 19.4 Å². The summed E-state index contributed by atoms with van der Waals surface area (Å²) in [7, 11) is 0. The van der Waals surface area contributed by atoms with Crippen molar-refractivity contribution in [3.63, 3.8) is 0 Å². The van der Waals surface area contributed by atoms with Gasteiger partial charge in [-0.1, -0.05) is 6.92 Å². The third-order valence-electron chi connectivity index (χ3n) is 2.18. The van der Waals surface area contributed by atoms with Crippen LogP contribution in [0.4, 0.5) is 0 Å². The molecule has 2 unspecified atom stereocenters. The van der Waals surface area contributed by atoms with E-state index in [1.165, 1.54) is 0 Å². The Morgan fingerprint density at radius 2 is 2.38 bits per heavy atom. The maximum atomic E-state index is 5.46. The molecule has 2 nitrogen and oxygen atoms in total. The molecule has 0 aromatic rings. The molecule has 1 fully saturated rings. The second-order valence-electron chi connectivity index (χ2n) is 2.91. The van der Waals surface area contributed by atoms with Gasteiger partial charge in [0.2, 0.25) is 0 Å². The average molecular weight is 114 g/mol. The van der Waals surface area contributed by atoms with Crippen LogP contribution in [0.25, 0.3) is 0 Å². The van der Waals surface area contributed by atoms with E-state index in [1.54, 1.807) is 0 Å². The van der Waals surface area contributed by atoms with Crippen LogP contribution in [0, 0.1) is 5.92 Å². The molecule has 1 heterocycles. The third kappa shape index (κ3) is 0.858. The van der Waals surface area contributed by atoms with Crippen LogP contribution in [-0.2, 0) is 0 Å². The lowest BCUT2D eigenvalue weighted by Crippen LogP contribution is -2.27. The highest BCUT2D eigenvalue weighted by molar-refractivity contribution is 5.03. The predicted octanol–water partition coefficient (Wildman–Crippen LogP) is -0.0569. The lowest BCUT2D eigenvalue weighted by molar-refractivity contribution is 0.460. The van der Waals surface area contributed by atoms with Crippen molar-refractivity contribution in [3.8, 4) is 0 Å². The molecule has 0 amide bonds. The third-order valence-corrected chi connectivity index (χ3v) is 2.18. The Kier molecular flexibility index (Phi) is 1.29. The minimum Gasteiger partial charge on any atom is -0.330 e.